The molecule has 6 heteroatoms. The highest BCUT2D eigenvalue weighted by Crippen LogP contribution is 1.95. The van der Waals surface area contributed by atoms with Gasteiger partial charge in [0.2, 0.25) is 10.0 Å². The lowest BCUT2D eigenvalue weighted by Gasteiger charge is -2.09. The molecule has 0 aliphatic carbocycles. The smallest absolute Gasteiger partial charge is 0.213 e. The first-order valence-electron chi connectivity index (χ1n) is 4.66. The second kappa shape index (κ2) is 7.17. The molecule has 0 heterocycles. The average Bonchev–Trinajstić information content (AvgIpc) is 2.14. The predicted molar refractivity (Wildman–Crippen MR) is 54.6 cm³/mol. The Labute approximate surface area is 85.5 Å². The number of ether oxygens (including phenoxy) is 1. The molecular formula is C8H19NO4S. The zero-order chi connectivity index (χ0) is 11.0. The third-order valence-corrected chi connectivity index (χ3v) is 3.18. The van der Waals surface area contributed by atoms with Crippen LogP contribution in [0.1, 0.15) is 19.8 Å². The molecule has 0 radical (unpaired) electrons. The Morgan fingerprint density at radius 2 is 2.14 bits per heavy atom. The summed E-state index contributed by atoms with van der Waals surface area (Å²) >= 11 is 0. The first-order chi connectivity index (χ1) is 6.52. The number of nitrogens with one attached hydrogen (secondary N) is 1. The van der Waals surface area contributed by atoms with Crippen molar-refractivity contribution in [2.45, 2.75) is 25.9 Å². The van der Waals surface area contributed by atoms with Gasteiger partial charge in [-0.15, -0.1) is 0 Å². The maximum Gasteiger partial charge on any atom is 0.213 e. The lowest BCUT2D eigenvalue weighted by molar-refractivity contribution is 0.162. The van der Waals surface area contributed by atoms with E-state index in [4.69, 9.17) is 0 Å². The Morgan fingerprint density at radius 3 is 2.64 bits per heavy atom. The van der Waals surface area contributed by atoms with Crippen LogP contribution in [0.4, 0.5) is 0 Å². The van der Waals surface area contributed by atoms with Crippen molar-refractivity contribution < 1.29 is 18.3 Å². The van der Waals surface area contributed by atoms with Crippen LogP contribution in [0.15, 0.2) is 0 Å². The van der Waals surface area contributed by atoms with Crippen molar-refractivity contribution in [3.05, 3.63) is 0 Å². The van der Waals surface area contributed by atoms with E-state index in [0.29, 0.717) is 12.8 Å². The topological polar surface area (TPSA) is 75.6 Å². The van der Waals surface area contributed by atoms with Crippen molar-refractivity contribution in [3.8, 4) is 0 Å². The SMILES string of the molecule is CCC(O)CCNS(=O)(=O)CCOC. The molecule has 0 fully saturated rings. The molecule has 0 spiro atoms. The van der Waals surface area contributed by atoms with Crippen molar-refractivity contribution in [2.75, 3.05) is 26.0 Å². The minimum absolute atomic E-state index is 0.0360. The Bertz CT molecular complexity index is 227. The van der Waals surface area contributed by atoms with Crippen LogP contribution < -0.4 is 4.72 Å². The van der Waals surface area contributed by atoms with Crippen LogP contribution in [0.5, 0.6) is 0 Å². The van der Waals surface area contributed by atoms with Gasteiger partial charge in [-0.3, -0.25) is 0 Å². The van der Waals surface area contributed by atoms with E-state index in [1.165, 1.54) is 7.11 Å². The van der Waals surface area contributed by atoms with Crippen LogP contribution in [0.3, 0.4) is 0 Å². The minimum Gasteiger partial charge on any atom is -0.393 e. The van der Waals surface area contributed by atoms with E-state index < -0.39 is 16.1 Å². The van der Waals surface area contributed by atoms with E-state index >= 15 is 0 Å². The third-order valence-electron chi connectivity index (χ3n) is 1.83. The highest BCUT2D eigenvalue weighted by molar-refractivity contribution is 7.89. The van der Waals surface area contributed by atoms with Gasteiger partial charge in [0, 0.05) is 13.7 Å². The molecule has 0 aliphatic rings. The summed E-state index contributed by atoms with van der Waals surface area (Å²) in [5, 5.41) is 9.17. The molecule has 0 aromatic heterocycles. The van der Waals surface area contributed by atoms with Crippen LogP contribution in [0.2, 0.25) is 0 Å². The Hall–Kier alpha value is -0.170. The molecule has 0 amide bonds. The van der Waals surface area contributed by atoms with Crippen LogP contribution in [-0.4, -0.2) is 45.6 Å². The van der Waals surface area contributed by atoms with Gasteiger partial charge < -0.3 is 9.84 Å². The molecule has 86 valence electrons. The third kappa shape index (κ3) is 7.25. The molecule has 14 heavy (non-hydrogen) atoms. The van der Waals surface area contributed by atoms with Gasteiger partial charge in [-0.05, 0) is 12.8 Å². The van der Waals surface area contributed by atoms with E-state index in [1.807, 2.05) is 6.92 Å². The fourth-order valence-electron chi connectivity index (χ4n) is 0.850. The summed E-state index contributed by atoms with van der Waals surface area (Å²) in [6, 6.07) is 0. The molecule has 2 N–H and O–H groups in total. The Balaban J connectivity index is 3.66. The zero-order valence-electron chi connectivity index (χ0n) is 8.69. The van der Waals surface area contributed by atoms with E-state index in [2.05, 4.69) is 9.46 Å². The van der Waals surface area contributed by atoms with Gasteiger partial charge in [0.1, 0.15) is 0 Å². The first kappa shape index (κ1) is 13.8. The van der Waals surface area contributed by atoms with E-state index in [-0.39, 0.29) is 18.9 Å². The van der Waals surface area contributed by atoms with Crippen LogP contribution in [0, 0.1) is 0 Å². The van der Waals surface area contributed by atoms with Gasteiger partial charge in [-0.1, -0.05) is 6.92 Å². The van der Waals surface area contributed by atoms with E-state index in [0.717, 1.165) is 0 Å². The van der Waals surface area contributed by atoms with Crippen LogP contribution in [-0.2, 0) is 14.8 Å². The summed E-state index contributed by atoms with van der Waals surface area (Å²) in [6.07, 6.45) is 0.655. The van der Waals surface area contributed by atoms with Crippen molar-refractivity contribution in [1.82, 2.24) is 4.72 Å². The lowest BCUT2D eigenvalue weighted by atomic mass is 10.2. The quantitative estimate of drug-likeness (QED) is 0.595. The van der Waals surface area contributed by atoms with Gasteiger partial charge in [0.15, 0.2) is 0 Å². The number of aliphatic hydroxyl groups is 1. The number of sulfonamides is 1. The summed E-state index contributed by atoms with van der Waals surface area (Å²) in [5.74, 6) is -0.0360. The Kier molecular flexibility index (Phi) is 7.08. The molecule has 0 aromatic carbocycles. The fourth-order valence-corrected chi connectivity index (χ4v) is 1.81. The number of hydrogen-bond acceptors (Lipinski definition) is 4. The largest absolute Gasteiger partial charge is 0.393 e. The highest BCUT2D eigenvalue weighted by atomic mass is 32.2. The molecular weight excluding hydrogens is 206 g/mol. The maximum absolute atomic E-state index is 11.2. The summed E-state index contributed by atoms with van der Waals surface area (Å²) in [6.45, 7) is 2.32. The molecule has 1 unspecified atom stereocenters. The number of methoxy groups -OCH3 is 1. The Morgan fingerprint density at radius 1 is 1.50 bits per heavy atom. The number of rotatable bonds is 8. The van der Waals surface area contributed by atoms with Crippen molar-refractivity contribution in [2.24, 2.45) is 0 Å². The molecule has 0 saturated carbocycles. The molecule has 0 rings (SSSR count). The second-order valence-electron chi connectivity index (χ2n) is 3.06. The predicted octanol–water partition coefficient (Wildman–Crippen LogP) is -0.287. The fraction of sp³-hybridized carbons (Fsp3) is 1.00. The average molecular weight is 225 g/mol. The summed E-state index contributed by atoms with van der Waals surface area (Å²) in [4.78, 5) is 0. The summed E-state index contributed by atoms with van der Waals surface area (Å²) < 4.78 is 29.4. The monoisotopic (exact) mass is 225 g/mol. The number of hydrogen-bond donors (Lipinski definition) is 2. The van der Waals surface area contributed by atoms with Gasteiger partial charge in [0.25, 0.3) is 0 Å². The van der Waals surface area contributed by atoms with Crippen molar-refractivity contribution >= 4 is 10.0 Å². The van der Waals surface area contributed by atoms with E-state index in [1.54, 1.807) is 0 Å². The first-order valence-corrected chi connectivity index (χ1v) is 6.31. The lowest BCUT2D eigenvalue weighted by Crippen LogP contribution is -2.30. The van der Waals surface area contributed by atoms with Crippen molar-refractivity contribution in [3.63, 3.8) is 0 Å². The van der Waals surface area contributed by atoms with Crippen LogP contribution >= 0.6 is 0 Å². The van der Waals surface area contributed by atoms with Gasteiger partial charge in [-0.2, -0.15) is 0 Å². The molecule has 0 aromatic rings. The number of aliphatic hydroxyl groups excluding tert-OH is 1. The normalized spacial score (nSPS) is 14.2. The molecule has 0 saturated heterocycles. The zero-order valence-corrected chi connectivity index (χ0v) is 9.51. The van der Waals surface area contributed by atoms with E-state index in [9.17, 15) is 13.5 Å². The van der Waals surface area contributed by atoms with Gasteiger partial charge >= 0.3 is 0 Å². The van der Waals surface area contributed by atoms with Gasteiger partial charge in [0.05, 0.1) is 18.5 Å². The molecule has 5 nitrogen and oxygen atoms in total. The van der Waals surface area contributed by atoms with Crippen LogP contribution in [0.25, 0.3) is 0 Å². The standard InChI is InChI=1S/C8H19NO4S/c1-3-8(10)4-5-9-14(11,12)7-6-13-2/h8-10H,3-7H2,1-2H3. The molecule has 0 bridgehead atoms. The molecule has 0 aliphatic heterocycles. The maximum atomic E-state index is 11.2. The molecule has 1 atom stereocenters. The van der Waals surface area contributed by atoms with Gasteiger partial charge in [-0.25, -0.2) is 13.1 Å². The second-order valence-corrected chi connectivity index (χ2v) is 4.98. The summed E-state index contributed by atoms with van der Waals surface area (Å²) in [5.41, 5.74) is 0. The highest BCUT2D eigenvalue weighted by Gasteiger charge is 2.09. The van der Waals surface area contributed by atoms with Crippen molar-refractivity contribution in [1.29, 1.82) is 0 Å². The summed E-state index contributed by atoms with van der Waals surface area (Å²) in [7, 11) is -1.78. The minimum atomic E-state index is -3.23.